The lowest BCUT2D eigenvalue weighted by molar-refractivity contribution is -0.115. The molecule has 0 unspecified atom stereocenters. The van der Waals surface area contributed by atoms with Crippen LogP contribution in [-0.2, 0) is 4.79 Å². The van der Waals surface area contributed by atoms with Gasteiger partial charge >= 0.3 is 0 Å². The topological polar surface area (TPSA) is 93.2 Å². The van der Waals surface area contributed by atoms with Crippen LogP contribution in [0.1, 0.15) is 23.8 Å². The summed E-state index contributed by atoms with van der Waals surface area (Å²) in [6.45, 7) is 1.83. The molecule has 0 aliphatic heterocycles. The van der Waals surface area contributed by atoms with E-state index in [4.69, 9.17) is 16.3 Å². The van der Waals surface area contributed by atoms with Gasteiger partial charge in [-0.1, -0.05) is 30.3 Å². The maximum absolute atomic E-state index is 12.2. The molecule has 2 amide bonds. The molecule has 0 aliphatic rings. The number of thioether (sulfide) groups is 1. The number of benzene rings is 1. The van der Waals surface area contributed by atoms with Gasteiger partial charge in [0.25, 0.3) is 5.91 Å². The van der Waals surface area contributed by atoms with Crippen molar-refractivity contribution in [2.75, 3.05) is 24.7 Å². The van der Waals surface area contributed by atoms with Gasteiger partial charge in [-0.3, -0.25) is 9.59 Å². The fourth-order valence-electron chi connectivity index (χ4n) is 1.90. The third-order valence-corrected chi connectivity index (χ3v) is 4.50. The van der Waals surface area contributed by atoms with E-state index in [0.717, 1.165) is 12.2 Å². The number of amides is 2. The molecule has 9 heteroatoms. The van der Waals surface area contributed by atoms with Gasteiger partial charge in [0.05, 0.1) is 24.9 Å². The molecule has 1 aromatic carbocycles. The molecular weight excluding hydrogens is 376 g/mol. The minimum Gasteiger partial charge on any atom is -0.497 e. The standard InChI is InChI=1S/C17H19ClN4O3S/c1-3-8-26-17-20-9-13(18)15(22-17)16(24)19-10-14(23)21-11-4-6-12(25-2)7-5-11/h4-7,9H,3,8,10H2,1-2H3,(H,19,24)(H,21,23). The second kappa shape index (κ2) is 9.98. The van der Waals surface area contributed by atoms with Gasteiger partial charge in [0, 0.05) is 11.4 Å². The van der Waals surface area contributed by atoms with Crippen molar-refractivity contribution >= 4 is 40.9 Å². The quantitative estimate of drug-likeness (QED) is 0.528. The Morgan fingerprint density at radius 2 is 2.00 bits per heavy atom. The van der Waals surface area contributed by atoms with Crippen molar-refractivity contribution in [1.82, 2.24) is 15.3 Å². The molecule has 7 nitrogen and oxygen atoms in total. The normalized spacial score (nSPS) is 10.3. The number of nitrogens with one attached hydrogen (secondary N) is 2. The van der Waals surface area contributed by atoms with Crippen LogP contribution in [0.5, 0.6) is 5.75 Å². The molecule has 138 valence electrons. The van der Waals surface area contributed by atoms with Gasteiger partial charge in [-0.05, 0) is 30.7 Å². The highest BCUT2D eigenvalue weighted by Gasteiger charge is 2.15. The van der Waals surface area contributed by atoms with Gasteiger partial charge in [0.1, 0.15) is 5.75 Å². The Labute approximate surface area is 160 Å². The molecule has 2 N–H and O–H groups in total. The number of rotatable bonds is 8. The van der Waals surface area contributed by atoms with E-state index in [1.807, 2.05) is 6.92 Å². The van der Waals surface area contributed by atoms with Crippen molar-refractivity contribution in [3.63, 3.8) is 0 Å². The summed E-state index contributed by atoms with van der Waals surface area (Å²) in [6, 6.07) is 6.86. The molecule has 2 aromatic rings. The maximum Gasteiger partial charge on any atom is 0.272 e. The van der Waals surface area contributed by atoms with Gasteiger partial charge in [-0.25, -0.2) is 9.97 Å². The molecule has 0 spiro atoms. The molecule has 1 heterocycles. The van der Waals surface area contributed by atoms with Crippen molar-refractivity contribution in [2.24, 2.45) is 0 Å². The summed E-state index contributed by atoms with van der Waals surface area (Å²) >= 11 is 7.43. The first kappa shape index (κ1) is 20.0. The minimum absolute atomic E-state index is 0.0533. The summed E-state index contributed by atoms with van der Waals surface area (Å²) in [5.41, 5.74) is 0.654. The fraction of sp³-hybridized carbons (Fsp3) is 0.294. The van der Waals surface area contributed by atoms with Crippen LogP contribution in [0, 0.1) is 0 Å². The average Bonchev–Trinajstić information content (AvgIpc) is 2.66. The third-order valence-electron chi connectivity index (χ3n) is 3.16. The van der Waals surface area contributed by atoms with Crippen molar-refractivity contribution < 1.29 is 14.3 Å². The summed E-state index contributed by atoms with van der Waals surface area (Å²) in [6.07, 6.45) is 2.35. The maximum atomic E-state index is 12.2. The number of anilines is 1. The zero-order valence-corrected chi connectivity index (χ0v) is 16.0. The molecule has 26 heavy (non-hydrogen) atoms. The Morgan fingerprint density at radius 3 is 2.65 bits per heavy atom. The van der Waals surface area contributed by atoms with Crippen LogP contribution < -0.4 is 15.4 Å². The van der Waals surface area contributed by atoms with Crippen LogP contribution in [0.4, 0.5) is 5.69 Å². The largest absolute Gasteiger partial charge is 0.497 e. The monoisotopic (exact) mass is 394 g/mol. The lowest BCUT2D eigenvalue weighted by Crippen LogP contribution is -2.33. The van der Waals surface area contributed by atoms with Gasteiger partial charge in [-0.15, -0.1) is 0 Å². The summed E-state index contributed by atoms with van der Waals surface area (Å²) in [7, 11) is 1.56. The van der Waals surface area contributed by atoms with Crippen molar-refractivity contribution in [3.8, 4) is 5.75 Å². The van der Waals surface area contributed by atoms with Crippen LogP contribution in [0.25, 0.3) is 0 Å². The fourth-order valence-corrected chi connectivity index (χ4v) is 2.74. The van der Waals surface area contributed by atoms with Crippen LogP contribution in [0.15, 0.2) is 35.6 Å². The van der Waals surface area contributed by atoms with E-state index >= 15 is 0 Å². The van der Waals surface area contributed by atoms with Crippen molar-refractivity contribution in [3.05, 3.63) is 41.2 Å². The van der Waals surface area contributed by atoms with E-state index in [9.17, 15) is 9.59 Å². The number of nitrogens with zero attached hydrogens (tertiary/aromatic N) is 2. The van der Waals surface area contributed by atoms with E-state index in [0.29, 0.717) is 16.6 Å². The Balaban J connectivity index is 1.91. The first-order chi connectivity index (χ1) is 12.5. The van der Waals surface area contributed by atoms with Crippen LogP contribution in [0.2, 0.25) is 5.02 Å². The molecule has 0 radical (unpaired) electrons. The number of aromatic nitrogens is 2. The number of ether oxygens (including phenoxy) is 1. The number of carbonyl (C=O) groups excluding carboxylic acids is 2. The minimum atomic E-state index is -0.527. The van der Waals surface area contributed by atoms with Crippen molar-refractivity contribution in [2.45, 2.75) is 18.5 Å². The smallest absolute Gasteiger partial charge is 0.272 e. The highest BCUT2D eigenvalue weighted by atomic mass is 35.5. The number of carbonyl (C=O) groups is 2. The molecular formula is C17H19ClN4O3S. The van der Waals surface area contributed by atoms with Gasteiger partial charge in [0.2, 0.25) is 5.91 Å². The molecule has 0 fully saturated rings. The first-order valence-corrected chi connectivity index (χ1v) is 9.27. The summed E-state index contributed by atoms with van der Waals surface area (Å²) in [5.74, 6) is 0.633. The van der Waals surface area contributed by atoms with E-state index in [-0.39, 0.29) is 23.2 Å². The summed E-state index contributed by atoms with van der Waals surface area (Å²) in [4.78, 5) is 32.4. The van der Waals surface area contributed by atoms with Gasteiger partial charge in [-0.2, -0.15) is 0 Å². The SMILES string of the molecule is CCCSc1ncc(Cl)c(C(=O)NCC(=O)Nc2ccc(OC)cc2)n1. The lowest BCUT2D eigenvalue weighted by Gasteiger charge is -2.08. The number of halogens is 1. The second-order valence-electron chi connectivity index (χ2n) is 5.16. The molecule has 0 saturated heterocycles. The van der Waals surface area contributed by atoms with Gasteiger partial charge < -0.3 is 15.4 Å². The Kier molecular flexibility index (Phi) is 7.68. The zero-order chi connectivity index (χ0) is 18.9. The van der Waals surface area contributed by atoms with E-state index in [2.05, 4.69) is 20.6 Å². The summed E-state index contributed by atoms with van der Waals surface area (Å²) in [5, 5.41) is 5.79. The Morgan fingerprint density at radius 1 is 1.27 bits per heavy atom. The highest BCUT2D eigenvalue weighted by Crippen LogP contribution is 2.19. The average molecular weight is 395 g/mol. The predicted octanol–water partition coefficient (Wildman–Crippen LogP) is 3.01. The third kappa shape index (κ3) is 5.89. The van der Waals surface area contributed by atoms with Crippen molar-refractivity contribution in [1.29, 1.82) is 0 Å². The molecule has 1 aromatic heterocycles. The van der Waals surface area contributed by atoms with Crippen LogP contribution >= 0.6 is 23.4 Å². The molecule has 0 bridgehead atoms. The number of hydrogen-bond acceptors (Lipinski definition) is 6. The number of methoxy groups -OCH3 is 1. The van der Waals surface area contributed by atoms with E-state index in [1.54, 1.807) is 31.4 Å². The highest BCUT2D eigenvalue weighted by molar-refractivity contribution is 7.99. The van der Waals surface area contributed by atoms with Gasteiger partial charge in [0.15, 0.2) is 10.9 Å². The molecule has 2 rings (SSSR count). The molecule has 0 atom stereocenters. The van der Waals surface area contributed by atoms with Crippen LogP contribution in [-0.4, -0.2) is 41.2 Å². The molecule has 0 aliphatic carbocycles. The molecule has 0 saturated carbocycles. The summed E-state index contributed by atoms with van der Waals surface area (Å²) < 4.78 is 5.05. The Hall–Kier alpha value is -2.32. The lowest BCUT2D eigenvalue weighted by atomic mass is 10.3. The Bertz CT molecular complexity index is 771. The van der Waals surface area contributed by atoms with Crippen LogP contribution in [0.3, 0.4) is 0 Å². The zero-order valence-electron chi connectivity index (χ0n) is 14.4. The number of hydrogen-bond donors (Lipinski definition) is 2. The predicted molar refractivity (Wildman–Crippen MR) is 102 cm³/mol. The van der Waals surface area contributed by atoms with E-state index < -0.39 is 5.91 Å². The first-order valence-electron chi connectivity index (χ1n) is 7.91. The van der Waals surface area contributed by atoms with E-state index in [1.165, 1.54) is 18.0 Å². The second-order valence-corrected chi connectivity index (χ2v) is 6.63.